The highest BCUT2D eigenvalue weighted by molar-refractivity contribution is 5.85. The van der Waals surface area contributed by atoms with Crippen LogP contribution >= 0.6 is 0 Å². The maximum atomic E-state index is 12.0. The molecule has 2 N–H and O–H groups in total. The highest BCUT2D eigenvalue weighted by Gasteiger charge is 2.34. The Labute approximate surface area is 102 Å². The van der Waals surface area contributed by atoms with E-state index in [2.05, 4.69) is 0 Å². The number of methoxy groups -OCH3 is 1. The highest BCUT2D eigenvalue weighted by Crippen LogP contribution is 2.20. The molecular formula is C12H22N2O3. The lowest BCUT2D eigenvalue weighted by atomic mass is 10.1. The molecule has 1 aliphatic heterocycles. The average molecular weight is 242 g/mol. The third kappa shape index (κ3) is 3.70. The Morgan fingerprint density at radius 1 is 1.53 bits per heavy atom. The lowest BCUT2D eigenvalue weighted by molar-refractivity contribution is -0.151. The van der Waals surface area contributed by atoms with Gasteiger partial charge >= 0.3 is 5.97 Å². The molecule has 1 saturated heterocycles. The van der Waals surface area contributed by atoms with E-state index < -0.39 is 0 Å². The SMILES string of the molecule is COC(=O)C1CCCN1C(=O)CCC(C)CN. The van der Waals surface area contributed by atoms with Gasteiger partial charge in [0, 0.05) is 13.0 Å². The van der Waals surface area contributed by atoms with Crippen LogP contribution in [-0.4, -0.2) is 43.0 Å². The van der Waals surface area contributed by atoms with Crippen LogP contribution in [0.1, 0.15) is 32.6 Å². The van der Waals surface area contributed by atoms with E-state index >= 15 is 0 Å². The van der Waals surface area contributed by atoms with Gasteiger partial charge in [0.2, 0.25) is 5.91 Å². The number of hydrogen-bond acceptors (Lipinski definition) is 4. The molecule has 1 heterocycles. The molecule has 0 saturated carbocycles. The van der Waals surface area contributed by atoms with Crippen LogP contribution in [0.25, 0.3) is 0 Å². The Hall–Kier alpha value is -1.10. The molecule has 17 heavy (non-hydrogen) atoms. The normalized spacial score (nSPS) is 21.4. The molecule has 98 valence electrons. The van der Waals surface area contributed by atoms with Crippen LogP contribution in [0.15, 0.2) is 0 Å². The molecule has 0 radical (unpaired) electrons. The van der Waals surface area contributed by atoms with Gasteiger partial charge in [0.05, 0.1) is 7.11 Å². The van der Waals surface area contributed by atoms with Gasteiger partial charge in [0.15, 0.2) is 0 Å². The van der Waals surface area contributed by atoms with E-state index in [0.29, 0.717) is 31.8 Å². The van der Waals surface area contributed by atoms with Crippen molar-refractivity contribution in [2.24, 2.45) is 11.7 Å². The van der Waals surface area contributed by atoms with Crippen LogP contribution in [0, 0.1) is 5.92 Å². The number of amides is 1. The summed E-state index contributed by atoms with van der Waals surface area (Å²) < 4.78 is 4.71. The molecule has 2 unspecified atom stereocenters. The number of esters is 1. The van der Waals surface area contributed by atoms with Crippen molar-refractivity contribution in [1.29, 1.82) is 0 Å². The minimum absolute atomic E-state index is 0.0400. The lowest BCUT2D eigenvalue weighted by Crippen LogP contribution is -2.41. The van der Waals surface area contributed by atoms with Crippen LogP contribution < -0.4 is 5.73 Å². The predicted molar refractivity (Wildman–Crippen MR) is 64.2 cm³/mol. The smallest absolute Gasteiger partial charge is 0.328 e. The van der Waals surface area contributed by atoms with Crippen LogP contribution in [0.2, 0.25) is 0 Å². The summed E-state index contributed by atoms with van der Waals surface area (Å²) in [6, 6.07) is -0.374. The van der Waals surface area contributed by atoms with E-state index in [9.17, 15) is 9.59 Å². The molecule has 1 rings (SSSR count). The number of carbonyl (C=O) groups is 2. The van der Waals surface area contributed by atoms with E-state index in [1.807, 2.05) is 6.92 Å². The second kappa shape index (κ2) is 6.59. The molecular weight excluding hydrogens is 220 g/mol. The number of ether oxygens (including phenoxy) is 1. The third-order valence-corrected chi connectivity index (χ3v) is 3.30. The van der Waals surface area contributed by atoms with Crippen molar-refractivity contribution in [1.82, 2.24) is 4.90 Å². The first-order valence-electron chi connectivity index (χ1n) is 6.17. The van der Waals surface area contributed by atoms with Gasteiger partial charge in [-0.15, -0.1) is 0 Å². The summed E-state index contributed by atoms with van der Waals surface area (Å²) in [7, 11) is 1.36. The summed E-state index contributed by atoms with van der Waals surface area (Å²) in [5.74, 6) is 0.0825. The fourth-order valence-electron chi connectivity index (χ4n) is 2.08. The largest absolute Gasteiger partial charge is 0.467 e. The van der Waals surface area contributed by atoms with Gasteiger partial charge in [-0.2, -0.15) is 0 Å². The predicted octanol–water partition coefficient (Wildman–Crippen LogP) is 0.525. The van der Waals surface area contributed by atoms with Crippen LogP contribution in [0.5, 0.6) is 0 Å². The van der Waals surface area contributed by atoms with Crippen LogP contribution in [0.4, 0.5) is 0 Å². The lowest BCUT2D eigenvalue weighted by Gasteiger charge is -2.23. The van der Waals surface area contributed by atoms with Gasteiger partial charge < -0.3 is 15.4 Å². The summed E-state index contributed by atoms with van der Waals surface area (Å²) in [6.07, 6.45) is 2.83. The zero-order valence-corrected chi connectivity index (χ0v) is 10.6. The van der Waals surface area contributed by atoms with Gasteiger partial charge in [-0.1, -0.05) is 6.92 Å². The second-order valence-corrected chi connectivity index (χ2v) is 4.65. The molecule has 1 amide bonds. The topological polar surface area (TPSA) is 72.6 Å². The van der Waals surface area contributed by atoms with Crippen molar-refractivity contribution in [3.05, 3.63) is 0 Å². The van der Waals surface area contributed by atoms with Gasteiger partial charge in [-0.3, -0.25) is 4.79 Å². The van der Waals surface area contributed by atoms with Crippen LogP contribution in [-0.2, 0) is 14.3 Å². The minimum atomic E-state index is -0.374. The summed E-state index contributed by atoms with van der Waals surface area (Å²) >= 11 is 0. The Morgan fingerprint density at radius 2 is 2.24 bits per heavy atom. The number of nitrogens with zero attached hydrogens (tertiary/aromatic N) is 1. The molecule has 5 nitrogen and oxygen atoms in total. The van der Waals surface area contributed by atoms with Gasteiger partial charge in [-0.25, -0.2) is 4.79 Å². The third-order valence-electron chi connectivity index (χ3n) is 3.30. The molecule has 0 aromatic heterocycles. The Kier molecular flexibility index (Phi) is 5.41. The fraction of sp³-hybridized carbons (Fsp3) is 0.833. The van der Waals surface area contributed by atoms with Crippen molar-refractivity contribution in [2.45, 2.75) is 38.6 Å². The molecule has 0 bridgehead atoms. The quantitative estimate of drug-likeness (QED) is 0.714. The fourth-order valence-corrected chi connectivity index (χ4v) is 2.08. The van der Waals surface area contributed by atoms with Gasteiger partial charge in [0.25, 0.3) is 0 Å². The Morgan fingerprint density at radius 3 is 2.82 bits per heavy atom. The number of nitrogens with two attached hydrogens (primary N) is 1. The first-order valence-corrected chi connectivity index (χ1v) is 6.17. The molecule has 5 heteroatoms. The number of hydrogen-bond donors (Lipinski definition) is 1. The number of carbonyl (C=O) groups excluding carboxylic acids is 2. The van der Waals surface area contributed by atoms with Crippen molar-refractivity contribution < 1.29 is 14.3 Å². The second-order valence-electron chi connectivity index (χ2n) is 4.65. The minimum Gasteiger partial charge on any atom is -0.467 e. The van der Waals surface area contributed by atoms with Crippen LogP contribution in [0.3, 0.4) is 0 Å². The van der Waals surface area contributed by atoms with Gasteiger partial charge in [0.1, 0.15) is 6.04 Å². The highest BCUT2D eigenvalue weighted by atomic mass is 16.5. The zero-order chi connectivity index (χ0) is 12.8. The molecule has 0 aliphatic carbocycles. The Balaban J connectivity index is 2.47. The van der Waals surface area contributed by atoms with Gasteiger partial charge in [-0.05, 0) is 31.7 Å². The van der Waals surface area contributed by atoms with Crippen molar-refractivity contribution in [3.8, 4) is 0 Å². The van der Waals surface area contributed by atoms with E-state index in [1.54, 1.807) is 4.90 Å². The Bertz CT molecular complexity index is 281. The molecule has 2 atom stereocenters. The number of likely N-dealkylation sites (tertiary alicyclic amines) is 1. The maximum Gasteiger partial charge on any atom is 0.328 e. The van der Waals surface area contributed by atoms with Crippen molar-refractivity contribution in [2.75, 3.05) is 20.2 Å². The number of rotatable bonds is 5. The van der Waals surface area contributed by atoms with E-state index in [4.69, 9.17) is 10.5 Å². The summed E-state index contributed by atoms with van der Waals surface area (Å²) in [5, 5.41) is 0. The first kappa shape index (κ1) is 14.0. The van der Waals surface area contributed by atoms with E-state index in [1.165, 1.54) is 7.11 Å². The summed E-state index contributed by atoms with van der Waals surface area (Å²) in [6.45, 7) is 3.28. The molecule has 0 aromatic rings. The van der Waals surface area contributed by atoms with E-state index in [-0.39, 0.29) is 17.9 Å². The molecule has 0 spiro atoms. The molecule has 0 aromatic carbocycles. The standard InChI is InChI=1S/C12H22N2O3/c1-9(8-13)5-6-11(15)14-7-3-4-10(14)12(16)17-2/h9-10H,3-8,13H2,1-2H3. The molecule has 1 fully saturated rings. The maximum absolute atomic E-state index is 12.0. The monoisotopic (exact) mass is 242 g/mol. The van der Waals surface area contributed by atoms with E-state index in [0.717, 1.165) is 12.8 Å². The van der Waals surface area contributed by atoms with Crippen molar-refractivity contribution >= 4 is 11.9 Å². The summed E-state index contributed by atoms with van der Waals surface area (Å²) in [5.41, 5.74) is 5.51. The van der Waals surface area contributed by atoms with Crippen molar-refractivity contribution in [3.63, 3.8) is 0 Å². The first-order chi connectivity index (χ1) is 8.10. The summed E-state index contributed by atoms with van der Waals surface area (Å²) in [4.78, 5) is 25.1. The zero-order valence-electron chi connectivity index (χ0n) is 10.6. The molecule has 1 aliphatic rings. The average Bonchev–Trinajstić information content (AvgIpc) is 2.83.